The van der Waals surface area contributed by atoms with Crippen LogP contribution in [0, 0.1) is 9.87 Å². The van der Waals surface area contributed by atoms with E-state index in [2.05, 4.69) is 4.98 Å². The number of phenolic OH excluding ortho intramolecular Hbond substituents is 1. The number of carbonyl (C=O) groups excluding carboxylic acids is 1. The fourth-order valence-electron chi connectivity index (χ4n) is 2.82. The van der Waals surface area contributed by atoms with Gasteiger partial charge in [-0.3, -0.25) is 4.79 Å². The number of aromatic amines is 1. The molecule has 2 N–H and O–H groups in total. The van der Waals surface area contributed by atoms with Gasteiger partial charge in [-0.2, -0.15) is 0 Å². The Morgan fingerprint density at radius 1 is 1.50 bits per heavy atom. The van der Waals surface area contributed by atoms with Crippen LogP contribution in [0.1, 0.15) is 23.3 Å². The number of fused-ring (bicyclic) bond motifs is 1. The second kappa shape index (κ2) is 7.16. The lowest BCUT2D eigenvalue weighted by Crippen LogP contribution is -2.29. The van der Waals surface area contributed by atoms with Crippen LogP contribution in [0.3, 0.4) is 0 Å². The molecule has 0 saturated carbocycles. The molecule has 0 aliphatic carbocycles. The standard InChI is InChI=1S/C16H17NO4S3/c1-3-21-11-6-8(4-5-10(11)18)12-9(15(19)20-2)7-23-14-13(12)24-16(22)17-14/h4-6,9,12,18H,3,7H2,1-2H3,(H,17,22). The second-order valence-electron chi connectivity index (χ2n) is 5.29. The normalized spacial score (nSPS) is 19.6. The lowest BCUT2D eigenvalue weighted by atomic mass is 9.85. The van der Waals surface area contributed by atoms with E-state index in [4.69, 9.17) is 21.7 Å². The summed E-state index contributed by atoms with van der Waals surface area (Å²) in [5.41, 5.74) is 0.901. The number of aromatic nitrogens is 1. The van der Waals surface area contributed by atoms with Crippen molar-refractivity contribution in [2.75, 3.05) is 19.5 Å². The number of thiazole rings is 1. The highest BCUT2D eigenvalue weighted by molar-refractivity contribution is 7.99. The van der Waals surface area contributed by atoms with Gasteiger partial charge in [0, 0.05) is 16.5 Å². The number of aromatic hydroxyl groups is 1. The summed E-state index contributed by atoms with van der Waals surface area (Å²) in [5, 5.41) is 10.9. The first kappa shape index (κ1) is 17.3. The number of carbonyl (C=O) groups is 1. The fourth-order valence-corrected chi connectivity index (χ4v) is 5.67. The first-order valence-electron chi connectivity index (χ1n) is 7.44. The molecule has 0 saturated heterocycles. The summed E-state index contributed by atoms with van der Waals surface area (Å²) in [7, 11) is 1.40. The molecule has 2 heterocycles. The molecule has 8 heteroatoms. The Labute approximate surface area is 153 Å². The molecule has 3 rings (SSSR count). The average molecular weight is 384 g/mol. The van der Waals surface area contributed by atoms with E-state index in [-0.39, 0.29) is 23.6 Å². The molecule has 5 nitrogen and oxygen atoms in total. The molecule has 2 unspecified atom stereocenters. The van der Waals surface area contributed by atoms with Crippen LogP contribution < -0.4 is 4.74 Å². The number of nitrogens with one attached hydrogen (secondary N) is 1. The Balaban J connectivity index is 2.11. The van der Waals surface area contributed by atoms with Crippen molar-refractivity contribution >= 4 is 41.3 Å². The molecular formula is C16H17NO4S3. The highest BCUT2D eigenvalue weighted by atomic mass is 32.2. The highest BCUT2D eigenvalue weighted by Crippen LogP contribution is 2.48. The van der Waals surface area contributed by atoms with Gasteiger partial charge < -0.3 is 19.6 Å². The molecule has 0 radical (unpaired) electrons. The van der Waals surface area contributed by atoms with E-state index in [1.165, 1.54) is 18.4 Å². The Morgan fingerprint density at radius 2 is 2.29 bits per heavy atom. The van der Waals surface area contributed by atoms with Gasteiger partial charge in [-0.1, -0.05) is 6.07 Å². The maximum absolute atomic E-state index is 12.3. The number of thioether (sulfide) groups is 1. The van der Waals surface area contributed by atoms with Gasteiger partial charge >= 0.3 is 5.97 Å². The molecule has 1 aliphatic rings. The zero-order chi connectivity index (χ0) is 17.3. The minimum absolute atomic E-state index is 0.0855. The summed E-state index contributed by atoms with van der Waals surface area (Å²) in [6.45, 7) is 2.31. The lowest BCUT2D eigenvalue weighted by Gasteiger charge is -2.29. The summed E-state index contributed by atoms with van der Waals surface area (Å²) < 4.78 is 11.2. The summed E-state index contributed by atoms with van der Waals surface area (Å²) in [6, 6.07) is 5.21. The van der Waals surface area contributed by atoms with Crippen LogP contribution in [0.2, 0.25) is 0 Å². The van der Waals surface area contributed by atoms with Crippen LogP contribution in [-0.4, -0.2) is 35.5 Å². The quantitative estimate of drug-likeness (QED) is 0.616. The van der Waals surface area contributed by atoms with Gasteiger partial charge in [0.1, 0.15) is 0 Å². The van der Waals surface area contributed by atoms with E-state index in [9.17, 15) is 9.90 Å². The van der Waals surface area contributed by atoms with E-state index < -0.39 is 0 Å². The summed E-state index contributed by atoms with van der Waals surface area (Å²) in [4.78, 5) is 16.5. The van der Waals surface area contributed by atoms with Crippen LogP contribution in [-0.2, 0) is 9.53 Å². The third kappa shape index (κ3) is 3.18. The summed E-state index contributed by atoms with van der Waals surface area (Å²) in [5.74, 6) is 0.375. The SMILES string of the molecule is CCOc1cc(C2c3sc(=S)[nH]c3SCC2C(=O)OC)ccc1O. The molecule has 1 aliphatic heterocycles. The number of rotatable bonds is 4. The van der Waals surface area contributed by atoms with Crippen LogP contribution in [0.5, 0.6) is 11.5 Å². The van der Waals surface area contributed by atoms with Crippen molar-refractivity contribution in [3.63, 3.8) is 0 Å². The van der Waals surface area contributed by atoms with Gasteiger partial charge in [0.25, 0.3) is 0 Å². The predicted octanol–water partition coefficient (Wildman–Crippen LogP) is 3.94. The number of hydrogen-bond donors (Lipinski definition) is 2. The number of hydrogen-bond acceptors (Lipinski definition) is 7. The number of methoxy groups -OCH3 is 1. The van der Waals surface area contributed by atoms with Gasteiger partial charge in [-0.15, -0.1) is 23.1 Å². The van der Waals surface area contributed by atoms with Crippen LogP contribution >= 0.6 is 35.3 Å². The largest absolute Gasteiger partial charge is 0.504 e. The van der Waals surface area contributed by atoms with Crippen molar-refractivity contribution in [2.45, 2.75) is 17.9 Å². The molecule has 128 valence electrons. The van der Waals surface area contributed by atoms with Gasteiger partial charge in [0.2, 0.25) is 0 Å². The Hall–Kier alpha value is -1.51. The Kier molecular flexibility index (Phi) is 5.17. The maximum atomic E-state index is 12.3. The Morgan fingerprint density at radius 3 is 3.00 bits per heavy atom. The van der Waals surface area contributed by atoms with Gasteiger partial charge in [0.05, 0.1) is 24.7 Å². The van der Waals surface area contributed by atoms with Crippen molar-refractivity contribution in [3.05, 3.63) is 32.6 Å². The molecule has 2 aromatic rings. The third-order valence-electron chi connectivity index (χ3n) is 3.88. The third-order valence-corrected chi connectivity index (χ3v) is 6.46. The molecule has 0 bridgehead atoms. The van der Waals surface area contributed by atoms with E-state index in [0.717, 1.165) is 15.5 Å². The summed E-state index contributed by atoms with van der Waals surface area (Å²) in [6.07, 6.45) is 0. The number of benzene rings is 1. The molecular weight excluding hydrogens is 366 g/mol. The Bertz CT molecular complexity index is 814. The number of ether oxygens (including phenoxy) is 2. The molecule has 2 atom stereocenters. The fraction of sp³-hybridized carbons (Fsp3) is 0.375. The van der Waals surface area contributed by atoms with Crippen molar-refractivity contribution in [3.8, 4) is 11.5 Å². The average Bonchev–Trinajstić information content (AvgIpc) is 2.95. The topological polar surface area (TPSA) is 71.6 Å². The van der Waals surface area contributed by atoms with Crippen molar-refractivity contribution in [2.24, 2.45) is 5.92 Å². The molecule has 1 aromatic carbocycles. The maximum Gasteiger partial charge on any atom is 0.310 e. The van der Waals surface area contributed by atoms with Gasteiger partial charge in [0.15, 0.2) is 15.5 Å². The minimum Gasteiger partial charge on any atom is -0.504 e. The molecule has 0 amide bonds. The number of phenols is 1. The van der Waals surface area contributed by atoms with Gasteiger partial charge in [-0.05, 0) is 36.8 Å². The first-order valence-corrected chi connectivity index (χ1v) is 9.65. The summed E-state index contributed by atoms with van der Waals surface area (Å²) >= 11 is 8.33. The molecule has 24 heavy (non-hydrogen) atoms. The number of H-pyrrole nitrogens is 1. The van der Waals surface area contributed by atoms with Crippen LogP contribution in [0.25, 0.3) is 0 Å². The lowest BCUT2D eigenvalue weighted by molar-refractivity contribution is -0.145. The first-order chi connectivity index (χ1) is 11.5. The minimum atomic E-state index is -0.312. The van der Waals surface area contributed by atoms with Crippen molar-refractivity contribution < 1.29 is 19.4 Å². The predicted molar refractivity (Wildman–Crippen MR) is 96.9 cm³/mol. The van der Waals surface area contributed by atoms with Gasteiger partial charge in [-0.25, -0.2) is 0 Å². The highest BCUT2D eigenvalue weighted by Gasteiger charge is 2.38. The molecule has 0 spiro atoms. The van der Waals surface area contributed by atoms with E-state index in [0.29, 0.717) is 22.1 Å². The molecule has 0 fully saturated rings. The van der Waals surface area contributed by atoms with E-state index in [1.54, 1.807) is 23.9 Å². The van der Waals surface area contributed by atoms with E-state index in [1.807, 2.05) is 13.0 Å². The second-order valence-corrected chi connectivity index (χ2v) is 8.04. The zero-order valence-corrected chi connectivity index (χ0v) is 15.6. The van der Waals surface area contributed by atoms with E-state index >= 15 is 0 Å². The zero-order valence-electron chi connectivity index (χ0n) is 13.2. The molecule has 1 aromatic heterocycles. The van der Waals surface area contributed by atoms with Crippen molar-refractivity contribution in [1.82, 2.24) is 4.98 Å². The van der Waals surface area contributed by atoms with Crippen LogP contribution in [0.15, 0.2) is 23.2 Å². The van der Waals surface area contributed by atoms with Crippen LogP contribution in [0.4, 0.5) is 0 Å². The monoisotopic (exact) mass is 383 g/mol. The van der Waals surface area contributed by atoms with Crippen molar-refractivity contribution in [1.29, 1.82) is 0 Å². The number of esters is 1. The smallest absolute Gasteiger partial charge is 0.310 e.